The van der Waals surface area contributed by atoms with Crippen LogP contribution in [0.4, 0.5) is 0 Å². The number of benzene rings is 2. The summed E-state index contributed by atoms with van der Waals surface area (Å²) in [6, 6.07) is 17.1. The monoisotopic (exact) mass is 476 g/mol. The number of ether oxygens (including phenoxy) is 1. The maximum Gasteiger partial charge on any atom is 0.311 e. The van der Waals surface area contributed by atoms with Gasteiger partial charge in [-0.15, -0.1) is 0 Å². The van der Waals surface area contributed by atoms with Crippen molar-refractivity contribution in [2.75, 3.05) is 0 Å². The van der Waals surface area contributed by atoms with E-state index in [0.29, 0.717) is 12.2 Å². The summed E-state index contributed by atoms with van der Waals surface area (Å²) in [5.41, 5.74) is 4.03. The van der Waals surface area contributed by atoms with Crippen molar-refractivity contribution in [1.29, 1.82) is 0 Å². The van der Waals surface area contributed by atoms with E-state index in [1.807, 2.05) is 12.1 Å². The van der Waals surface area contributed by atoms with Gasteiger partial charge in [-0.25, -0.2) is 0 Å². The minimum Gasteiger partial charge on any atom is -0.427 e. The van der Waals surface area contributed by atoms with Crippen LogP contribution >= 0.6 is 0 Å². The SMILES string of the molecule is CCCCCCCc1ccc(OC(=O)CCc2ccc(C3CCC(CCCCC)CC3)cc2)cc1. The molecule has 1 fully saturated rings. The van der Waals surface area contributed by atoms with Gasteiger partial charge in [-0.1, -0.05) is 102 Å². The van der Waals surface area contributed by atoms with Crippen molar-refractivity contribution < 1.29 is 9.53 Å². The van der Waals surface area contributed by atoms with Crippen LogP contribution in [0.3, 0.4) is 0 Å². The normalized spacial score (nSPS) is 17.9. The summed E-state index contributed by atoms with van der Waals surface area (Å²) in [4.78, 5) is 12.4. The number of carbonyl (C=O) groups excluding carboxylic acids is 1. The molecule has 0 atom stereocenters. The molecule has 0 aromatic heterocycles. The molecule has 0 radical (unpaired) electrons. The fourth-order valence-electron chi connectivity index (χ4n) is 5.51. The molecular formula is C33H48O2. The Morgan fingerprint density at radius 2 is 1.31 bits per heavy atom. The predicted molar refractivity (Wildman–Crippen MR) is 148 cm³/mol. The molecule has 0 aliphatic heterocycles. The van der Waals surface area contributed by atoms with Crippen molar-refractivity contribution in [3.8, 4) is 5.75 Å². The molecule has 3 rings (SSSR count). The summed E-state index contributed by atoms with van der Waals surface area (Å²) in [7, 11) is 0. The van der Waals surface area contributed by atoms with Gasteiger partial charge in [-0.2, -0.15) is 0 Å². The average molecular weight is 477 g/mol. The van der Waals surface area contributed by atoms with E-state index in [4.69, 9.17) is 4.74 Å². The van der Waals surface area contributed by atoms with Crippen molar-refractivity contribution >= 4 is 5.97 Å². The van der Waals surface area contributed by atoms with Gasteiger partial charge in [0.05, 0.1) is 0 Å². The van der Waals surface area contributed by atoms with E-state index in [2.05, 4.69) is 50.2 Å². The molecule has 0 spiro atoms. The van der Waals surface area contributed by atoms with Crippen LogP contribution in [0.15, 0.2) is 48.5 Å². The number of hydrogen-bond donors (Lipinski definition) is 0. The van der Waals surface area contributed by atoms with Gasteiger partial charge < -0.3 is 4.74 Å². The molecule has 1 aliphatic carbocycles. The number of carbonyl (C=O) groups is 1. The van der Waals surface area contributed by atoms with E-state index < -0.39 is 0 Å². The molecule has 2 aromatic rings. The highest BCUT2D eigenvalue weighted by Crippen LogP contribution is 2.37. The lowest BCUT2D eigenvalue weighted by Gasteiger charge is -2.29. The fourth-order valence-corrected chi connectivity index (χ4v) is 5.51. The van der Waals surface area contributed by atoms with Crippen molar-refractivity contribution in [1.82, 2.24) is 0 Å². The Morgan fingerprint density at radius 1 is 0.714 bits per heavy atom. The third-order valence-corrected chi connectivity index (χ3v) is 7.86. The first-order chi connectivity index (χ1) is 17.2. The third kappa shape index (κ3) is 10.2. The lowest BCUT2D eigenvalue weighted by Crippen LogP contribution is -2.13. The molecule has 0 saturated heterocycles. The highest BCUT2D eigenvalue weighted by molar-refractivity contribution is 5.72. The lowest BCUT2D eigenvalue weighted by molar-refractivity contribution is -0.134. The van der Waals surface area contributed by atoms with Gasteiger partial charge >= 0.3 is 5.97 Å². The number of hydrogen-bond acceptors (Lipinski definition) is 2. The first-order valence-corrected chi connectivity index (χ1v) is 14.6. The van der Waals surface area contributed by atoms with Gasteiger partial charge in [0.15, 0.2) is 0 Å². The maximum absolute atomic E-state index is 12.4. The summed E-state index contributed by atoms with van der Waals surface area (Å²) in [5.74, 6) is 2.18. The second kappa shape index (κ2) is 15.8. The van der Waals surface area contributed by atoms with Crippen LogP contribution in [-0.2, 0) is 17.6 Å². The molecule has 1 saturated carbocycles. The van der Waals surface area contributed by atoms with E-state index in [1.165, 1.54) is 100 Å². The molecule has 1 aliphatic rings. The Balaban J connectivity index is 1.34. The Kier molecular flexibility index (Phi) is 12.4. The van der Waals surface area contributed by atoms with E-state index in [1.54, 1.807) is 0 Å². The summed E-state index contributed by atoms with van der Waals surface area (Å²) in [5, 5.41) is 0. The zero-order valence-corrected chi connectivity index (χ0v) is 22.4. The van der Waals surface area contributed by atoms with Gasteiger partial charge in [-0.05, 0) is 85.6 Å². The average Bonchev–Trinajstić information content (AvgIpc) is 2.89. The Morgan fingerprint density at radius 3 is 2.00 bits per heavy atom. The summed E-state index contributed by atoms with van der Waals surface area (Å²) >= 11 is 0. The van der Waals surface area contributed by atoms with Gasteiger partial charge in [0.2, 0.25) is 0 Å². The molecule has 0 amide bonds. The van der Waals surface area contributed by atoms with E-state index >= 15 is 0 Å². The van der Waals surface area contributed by atoms with Crippen LogP contribution in [0, 0.1) is 5.92 Å². The smallest absolute Gasteiger partial charge is 0.311 e. The molecule has 0 N–H and O–H groups in total. The molecule has 0 heterocycles. The first-order valence-electron chi connectivity index (χ1n) is 14.6. The van der Waals surface area contributed by atoms with Crippen LogP contribution in [0.5, 0.6) is 5.75 Å². The molecule has 2 heteroatoms. The van der Waals surface area contributed by atoms with E-state index in [-0.39, 0.29) is 5.97 Å². The van der Waals surface area contributed by atoms with Crippen LogP contribution in [0.1, 0.15) is 126 Å². The molecule has 0 bridgehead atoms. The zero-order chi connectivity index (χ0) is 24.7. The predicted octanol–water partition coefficient (Wildman–Crippen LogP) is 9.59. The lowest BCUT2D eigenvalue weighted by atomic mass is 9.77. The van der Waals surface area contributed by atoms with Crippen LogP contribution in [0.2, 0.25) is 0 Å². The van der Waals surface area contributed by atoms with Crippen LogP contribution < -0.4 is 4.74 Å². The highest BCUT2D eigenvalue weighted by atomic mass is 16.5. The van der Waals surface area contributed by atoms with Gasteiger partial charge in [0, 0.05) is 6.42 Å². The summed E-state index contributed by atoms with van der Waals surface area (Å²) < 4.78 is 5.57. The van der Waals surface area contributed by atoms with Crippen molar-refractivity contribution in [3.63, 3.8) is 0 Å². The van der Waals surface area contributed by atoms with Crippen LogP contribution in [0.25, 0.3) is 0 Å². The fraction of sp³-hybridized carbons (Fsp3) is 0.606. The number of rotatable bonds is 15. The van der Waals surface area contributed by atoms with Crippen molar-refractivity contribution in [3.05, 3.63) is 65.2 Å². The van der Waals surface area contributed by atoms with E-state index in [0.717, 1.165) is 24.7 Å². The number of unbranched alkanes of at least 4 members (excludes halogenated alkanes) is 6. The molecular weight excluding hydrogens is 428 g/mol. The standard InChI is InChI=1S/C33H48O2/c1-3-5-7-8-10-12-28-17-24-32(25-18-28)35-33(34)26-19-29-15-22-31(23-16-29)30-20-13-27(14-21-30)11-9-6-4-2/h15-18,22-25,27,30H,3-14,19-21,26H2,1-2H3. The first kappa shape index (κ1) is 27.5. The number of esters is 1. The second-order valence-corrected chi connectivity index (χ2v) is 10.7. The van der Waals surface area contributed by atoms with Gasteiger partial charge in [0.1, 0.15) is 5.75 Å². The van der Waals surface area contributed by atoms with Crippen molar-refractivity contribution in [2.45, 2.75) is 122 Å². The molecule has 35 heavy (non-hydrogen) atoms. The highest BCUT2D eigenvalue weighted by Gasteiger charge is 2.22. The Bertz CT molecular complexity index is 828. The molecule has 2 nitrogen and oxygen atoms in total. The van der Waals surface area contributed by atoms with E-state index in [9.17, 15) is 4.79 Å². The largest absolute Gasteiger partial charge is 0.427 e. The van der Waals surface area contributed by atoms with Crippen LogP contribution in [-0.4, -0.2) is 5.97 Å². The quantitative estimate of drug-likeness (QED) is 0.145. The summed E-state index contributed by atoms with van der Waals surface area (Å²) in [6.07, 6.45) is 19.7. The van der Waals surface area contributed by atoms with Crippen molar-refractivity contribution in [2.24, 2.45) is 5.92 Å². The second-order valence-electron chi connectivity index (χ2n) is 10.7. The van der Waals surface area contributed by atoms with Gasteiger partial charge in [-0.3, -0.25) is 4.79 Å². The van der Waals surface area contributed by atoms with Gasteiger partial charge in [0.25, 0.3) is 0 Å². The zero-order valence-electron chi connectivity index (χ0n) is 22.4. The minimum absolute atomic E-state index is 0.150. The molecule has 0 unspecified atom stereocenters. The molecule has 192 valence electrons. The Labute approximate surface area is 214 Å². The topological polar surface area (TPSA) is 26.3 Å². The third-order valence-electron chi connectivity index (χ3n) is 7.86. The molecule has 2 aromatic carbocycles. The summed E-state index contributed by atoms with van der Waals surface area (Å²) in [6.45, 7) is 4.54. The maximum atomic E-state index is 12.4. The Hall–Kier alpha value is -2.09. The number of aryl methyl sites for hydroxylation is 2. The minimum atomic E-state index is -0.150.